The Hall–Kier alpha value is -1.97. The van der Waals surface area contributed by atoms with Gasteiger partial charge in [0.25, 0.3) is 5.91 Å². The fraction of sp³-hybridized carbons (Fsp3) is 0.600. The van der Waals surface area contributed by atoms with Gasteiger partial charge in [-0.3, -0.25) is 4.79 Å². The van der Waals surface area contributed by atoms with Crippen molar-refractivity contribution in [3.05, 3.63) is 29.8 Å². The smallest absolute Gasteiger partial charge is 0.338 e. The molecule has 9 heteroatoms. The molecule has 1 aromatic carbocycles. The van der Waals surface area contributed by atoms with Crippen LogP contribution in [0.1, 0.15) is 51.4 Å². The summed E-state index contributed by atoms with van der Waals surface area (Å²) in [6, 6.07) is 5.65. The molecule has 0 radical (unpaired) electrons. The Kier molecular flexibility index (Phi) is 7.42. The zero-order valence-corrected chi connectivity index (χ0v) is 18.4. The number of rotatable bonds is 7. The molecular formula is C20H30N2O6S. The Bertz CT molecular complexity index is 842. The van der Waals surface area contributed by atoms with Crippen molar-refractivity contribution in [1.82, 2.24) is 9.62 Å². The lowest BCUT2D eigenvalue weighted by atomic mass is 10.0. The lowest BCUT2D eigenvalue weighted by Gasteiger charge is -2.34. The quantitative estimate of drug-likeness (QED) is 0.669. The number of morpholine rings is 1. The second-order valence-electron chi connectivity index (χ2n) is 7.97. The molecule has 2 rings (SSSR count). The largest absolute Gasteiger partial charge is 0.452 e. The van der Waals surface area contributed by atoms with Crippen molar-refractivity contribution >= 4 is 21.9 Å². The number of carbonyl (C=O) groups is 2. The Balaban J connectivity index is 2.08. The summed E-state index contributed by atoms with van der Waals surface area (Å²) in [5, 5.41) is 2.77. The molecule has 0 unspecified atom stereocenters. The molecule has 1 aromatic rings. The van der Waals surface area contributed by atoms with Crippen molar-refractivity contribution in [2.45, 2.75) is 63.7 Å². The van der Waals surface area contributed by atoms with Gasteiger partial charge >= 0.3 is 5.97 Å². The summed E-state index contributed by atoms with van der Waals surface area (Å²) >= 11 is 0. The molecule has 162 valence electrons. The van der Waals surface area contributed by atoms with Gasteiger partial charge in [0.15, 0.2) is 6.61 Å². The molecule has 0 saturated carbocycles. The minimum absolute atomic E-state index is 0.00446. The van der Waals surface area contributed by atoms with Gasteiger partial charge in [0, 0.05) is 18.6 Å². The lowest BCUT2D eigenvalue weighted by Crippen LogP contribution is -2.48. The van der Waals surface area contributed by atoms with Crippen molar-refractivity contribution in [3.8, 4) is 0 Å². The minimum Gasteiger partial charge on any atom is -0.452 e. The zero-order valence-electron chi connectivity index (χ0n) is 17.6. The SMILES string of the molecule is CCC(C)(C)NC(=O)COC(=O)c1cccc(S(=O)(=O)N2C[C@H](C)O[C@@H](C)C2)c1. The number of ether oxygens (including phenoxy) is 2. The molecule has 1 fully saturated rings. The van der Waals surface area contributed by atoms with Crippen LogP contribution < -0.4 is 5.32 Å². The van der Waals surface area contributed by atoms with E-state index in [1.54, 1.807) is 0 Å². The molecule has 0 aliphatic carbocycles. The highest BCUT2D eigenvalue weighted by atomic mass is 32.2. The van der Waals surface area contributed by atoms with Gasteiger partial charge < -0.3 is 14.8 Å². The van der Waals surface area contributed by atoms with Crippen molar-refractivity contribution < 1.29 is 27.5 Å². The maximum absolute atomic E-state index is 13.0. The van der Waals surface area contributed by atoms with Crippen LogP contribution >= 0.6 is 0 Å². The number of hydrogen-bond acceptors (Lipinski definition) is 6. The average molecular weight is 427 g/mol. The molecule has 0 bridgehead atoms. The van der Waals surface area contributed by atoms with Gasteiger partial charge in [-0.15, -0.1) is 0 Å². The van der Waals surface area contributed by atoms with Crippen LogP contribution in [0, 0.1) is 0 Å². The first-order valence-electron chi connectivity index (χ1n) is 9.68. The first-order valence-corrected chi connectivity index (χ1v) is 11.1. The molecule has 1 amide bonds. The number of benzene rings is 1. The average Bonchev–Trinajstić information content (AvgIpc) is 2.65. The van der Waals surface area contributed by atoms with Crippen LogP contribution in [0.15, 0.2) is 29.2 Å². The van der Waals surface area contributed by atoms with E-state index >= 15 is 0 Å². The van der Waals surface area contributed by atoms with Gasteiger partial charge in [-0.05, 0) is 52.3 Å². The first-order chi connectivity index (χ1) is 13.4. The molecule has 1 heterocycles. The maximum Gasteiger partial charge on any atom is 0.338 e. The molecule has 2 atom stereocenters. The van der Waals surface area contributed by atoms with E-state index < -0.39 is 34.0 Å². The van der Waals surface area contributed by atoms with Crippen molar-refractivity contribution in [2.24, 2.45) is 0 Å². The van der Waals surface area contributed by atoms with Crippen LogP contribution in [-0.2, 0) is 24.3 Å². The number of nitrogens with zero attached hydrogens (tertiary/aromatic N) is 1. The van der Waals surface area contributed by atoms with Crippen LogP contribution in [0.3, 0.4) is 0 Å². The van der Waals surface area contributed by atoms with E-state index in [-0.39, 0.29) is 35.8 Å². The van der Waals surface area contributed by atoms with Crippen molar-refractivity contribution in [1.29, 1.82) is 0 Å². The molecule has 8 nitrogen and oxygen atoms in total. The van der Waals surface area contributed by atoms with Crippen LogP contribution in [0.5, 0.6) is 0 Å². The Labute approximate surface area is 172 Å². The number of sulfonamides is 1. The van der Waals surface area contributed by atoms with Crippen molar-refractivity contribution in [2.75, 3.05) is 19.7 Å². The number of nitrogens with one attached hydrogen (secondary N) is 1. The third-order valence-electron chi connectivity index (χ3n) is 4.79. The fourth-order valence-corrected chi connectivity index (χ4v) is 4.61. The highest BCUT2D eigenvalue weighted by molar-refractivity contribution is 7.89. The number of esters is 1. The Morgan fingerprint density at radius 1 is 1.24 bits per heavy atom. The topological polar surface area (TPSA) is 102 Å². The van der Waals surface area contributed by atoms with Gasteiger partial charge in [0.2, 0.25) is 10.0 Å². The second-order valence-corrected chi connectivity index (χ2v) is 9.91. The van der Waals surface area contributed by atoms with Crippen molar-refractivity contribution in [3.63, 3.8) is 0 Å². The molecule has 1 saturated heterocycles. The fourth-order valence-electron chi connectivity index (χ4n) is 2.98. The lowest BCUT2D eigenvalue weighted by molar-refractivity contribution is -0.125. The number of amides is 1. The van der Waals surface area contributed by atoms with Crippen LogP contribution in [-0.4, -0.2) is 62.0 Å². The Morgan fingerprint density at radius 3 is 2.45 bits per heavy atom. The molecular weight excluding hydrogens is 396 g/mol. The maximum atomic E-state index is 13.0. The molecule has 1 N–H and O–H groups in total. The van der Waals surface area contributed by atoms with Crippen LogP contribution in [0.4, 0.5) is 0 Å². The predicted octanol–water partition coefficient (Wildman–Crippen LogP) is 1.95. The summed E-state index contributed by atoms with van der Waals surface area (Å²) in [6.07, 6.45) is 0.297. The van der Waals surface area contributed by atoms with Gasteiger partial charge in [0.1, 0.15) is 0 Å². The standard InChI is InChI=1S/C20H30N2O6S/c1-6-20(4,5)21-18(23)13-27-19(24)16-8-7-9-17(10-16)29(25,26)22-11-14(2)28-15(3)12-22/h7-10,14-15H,6,11-13H2,1-5H3,(H,21,23)/t14-,15-/m0/s1. The summed E-state index contributed by atoms with van der Waals surface area (Å²) in [4.78, 5) is 24.3. The van der Waals surface area contributed by atoms with Gasteiger partial charge in [0.05, 0.1) is 22.7 Å². The number of hydrogen-bond donors (Lipinski definition) is 1. The molecule has 0 aromatic heterocycles. The monoisotopic (exact) mass is 426 g/mol. The highest BCUT2D eigenvalue weighted by Crippen LogP contribution is 2.22. The summed E-state index contributed by atoms with van der Waals surface area (Å²) in [5.41, 5.74) is -0.327. The van der Waals surface area contributed by atoms with Gasteiger partial charge in [-0.1, -0.05) is 13.0 Å². The third-order valence-corrected chi connectivity index (χ3v) is 6.62. The van der Waals surface area contributed by atoms with Gasteiger partial charge in [-0.25, -0.2) is 13.2 Å². The number of carbonyl (C=O) groups excluding carboxylic acids is 2. The molecule has 1 aliphatic rings. The predicted molar refractivity (Wildman–Crippen MR) is 108 cm³/mol. The van der Waals surface area contributed by atoms with E-state index in [1.165, 1.54) is 28.6 Å². The normalized spacial score (nSPS) is 20.9. The third kappa shape index (κ3) is 6.25. The summed E-state index contributed by atoms with van der Waals surface area (Å²) < 4.78 is 37.9. The summed E-state index contributed by atoms with van der Waals surface area (Å²) in [6.45, 7) is 9.37. The first kappa shape index (κ1) is 23.3. The van der Waals surface area contributed by atoms with Crippen LogP contribution in [0.25, 0.3) is 0 Å². The second kappa shape index (κ2) is 9.23. The summed E-state index contributed by atoms with van der Waals surface area (Å²) in [5.74, 6) is -1.17. The van der Waals surface area contributed by atoms with E-state index in [2.05, 4.69) is 5.32 Å². The van der Waals surface area contributed by atoms with Gasteiger partial charge in [-0.2, -0.15) is 4.31 Å². The van der Waals surface area contributed by atoms with E-state index in [0.717, 1.165) is 6.42 Å². The van der Waals surface area contributed by atoms with E-state index in [0.29, 0.717) is 0 Å². The zero-order chi connectivity index (χ0) is 21.8. The highest BCUT2D eigenvalue weighted by Gasteiger charge is 2.32. The molecule has 1 aliphatic heterocycles. The molecule has 0 spiro atoms. The van der Waals surface area contributed by atoms with E-state index in [4.69, 9.17) is 9.47 Å². The minimum atomic E-state index is -3.78. The summed E-state index contributed by atoms with van der Waals surface area (Å²) in [7, 11) is -3.78. The van der Waals surface area contributed by atoms with Crippen LogP contribution in [0.2, 0.25) is 0 Å². The van der Waals surface area contributed by atoms with E-state index in [1.807, 2.05) is 34.6 Å². The Morgan fingerprint density at radius 2 is 1.86 bits per heavy atom. The molecule has 29 heavy (non-hydrogen) atoms. The van der Waals surface area contributed by atoms with E-state index in [9.17, 15) is 18.0 Å².